The Morgan fingerprint density at radius 3 is 2.93 bits per heavy atom. The summed E-state index contributed by atoms with van der Waals surface area (Å²) in [5, 5.41) is 12.0. The van der Waals surface area contributed by atoms with Gasteiger partial charge in [-0.2, -0.15) is 5.26 Å². The fourth-order valence-corrected chi connectivity index (χ4v) is 1.37. The second-order valence-electron chi connectivity index (χ2n) is 3.11. The molecule has 0 radical (unpaired) electrons. The number of rotatable bonds is 3. The summed E-state index contributed by atoms with van der Waals surface area (Å²) in [6, 6.07) is 7.72. The van der Waals surface area contributed by atoms with E-state index in [1.807, 2.05) is 19.1 Å². The summed E-state index contributed by atoms with van der Waals surface area (Å²) in [5.74, 6) is 0. The van der Waals surface area contributed by atoms with Crippen molar-refractivity contribution in [3.8, 4) is 6.07 Å². The number of nitrogens with zero attached hydrogens (tertiary/aromatic N) is 1. The van der Waals surface area contributed by atoms with Crippen molar-refractivity contribution in [1.82, 2.24) is 0 Å². The van der Waals surface area contributed by atoms with Gasteiger partial charge in [-0.1, -0.05) is 28.1 Å². The first kappa shape index (κ1) is 10.8. The third-order valence-electron chi connectivity index (χ3n) is 1.68. The van der Waals surface area contributed by atoms with Crippen LogP contribution in [0.4, 0.5) is 5.69 Å². The molecule has 1 N–H and O–H groups in total. The molecule has 0 saturated carbocycles. The van der Waals surface area contributed by atoms with E-state index in [1.165, 1.54) is 0 Å². The Labute approximate surface area is 92.4 Å². The Bertz CT molecular complexity index is 391. The van der Waals surface area contributed by atoms with Crippen molar-refractivity contribution in [3.63, 3.8) is 0 Å². The maximum atomic E-state index is 8.87. The van der Waals surface area contributed by atoms with Crippen LogP contribution in [0.25, 0.3) is 0 Å². The number of nitriles is 1. The lowest BCUT2D eigenvalue weighted by Gasteiger charge is -2.07. The highest BCUT2D eigenvalue weighted by Gasteiger charge is 2.01. The second kappa shape index (κ2) is 4.83. The van der Waals surface area contributed by atoms with Crippen molar-refractivity contribution in [1.29, 1.82) is 5.26 Å². The van der Waals surface area contributed by atoms with E-state index < -0.39 is 0 Å². The molecule has 72 valence electrons. The average Bonchev–Trinajstić information content (AvgIpc) is 2.15. The van der Waals surface area contributed by atoms with Gasteiger partial charge in [-0.15, -0.1) is 0 Å². The van der Waals surface area contributed by atoms with E-state index in [-0.39, 0.29) is 0 Å². The molecule has 0 heterocycles. The Balaban J connectivity index is 2.87. The lowest BCUT2D eigenvalue weighted by molar-refractivity contribution is 1.21. The standard InChI is InChI=1S/C11H11BrN2/c1-8(2)7-14-11-4-3-10(12)5-9(11)6-13/h3-5,14H,1,7H2,2H3. The fraction of sp³-hybridized carbons (Fsp3) is 0.182. The molecule has 1 aromatic carbocycles. The van der Waals surface area contributed by atoms with Gasteiger partial charge in [0.1, 0.15) is 6.07 Å². The van der Waals surface area contributed by atoms with Crippen LogP contribution < -0.4 is 5.32 Å². The molecule has 0 unspecified atom stereocenters. The molecule has 3 heteroatoms. The lowest BCUT2D eigenvalue weighted by atomic mass is 10.2. The highest BCUT2D eigenvalue weighted by Crippen LogP contribution is 2.20. The zero-order chi connectivity index (χ0) is 10.6. The molecular weight excluding hydrogens is 240 g/mol. The minimum atomic E-state index is 0.639. The van der Waals surface area contributed by atoms with Crippen LogP contribution in [0, 0.1) is 11.3 Å². The normalized spacial score (nSPS) is 9.21. The third-order valence-corrected chi connectivity index (χ3v) is 2.18. The van der Waals surface area contributed by atoms with Crippen molar-refractivity contribution < 1.29 is 0 Å². The van der Waals surface area contributed by atoms with Gasteiger partial charge >= 0.3 is 0 Å². The summed E-state index contributed by atoms with van der Waals surface area (Å²) < 4.78 is 0.912. The molecule has 0 fully saturated rings. The molecule has 14 heavy (non-hydrogen) atoms. The average molecular weight is 251 g/mol. The highest BCUT2D eigenvalue weighted by atomic mass is 79.9. The van der Waals surface area contributed by atoms with Crippen LogP contribution >= 0.6 is 15.9 Å². The van der Waals surface area contributed by atoms with Crippen molar-refractivity contribution in [3.05, 3.63) is 40.4 Å². The van der Waals surface area contributed by atoms with Gasteiger partial charge < -0.3 is 5.32 Å². The summed E-state index contributed by atoms with van der Waals surface area (Å²) in [6.45, 7) is 6.42. The summed E-state index contributed by atoms with van der Waals surface area (Å²) in [5.41, 5.74) is 2.52. The first-order chi connectivity index (χ1) is 6.63. The van der Waals surface area contributed by atoms with Crippen LogP contribution in [0.1, 0.15) is 12.5 Å². The first-order valence-electron chi connectivity index (χ1n) is 4.21. The number of nitrogens with one attached hydrogen (secondary N) is 1. The van der Waals surface area contributed by atoms with Crippen LogP contribution in [-0.2, 0) is 0 Å². The van der Waals surface area contributed by atoms with Crippen molar-refractivity contribution in [2.75, 3.05) is 11.9 Å². The van der Waals surface area contributed by atoms with Gasteiger partial charge in [0.25, 0.3) is 0 Å². The minimum absolute atomic E-state index is 0.639. The van der Waals surface area contributed by atoms with E-state index in [4.69, 9.17) is 5.26 Å². The van der Waals surface area contributed by atoms with Gasteiger partial charge in [-0.25, -0.2) is 0 Å². The zero-order valence-corrected chi connectivity index (χ0v) is 9.56. The lowest BCUT2D eigenvalue weighted by Crippen LogP contribution is -2.03. The molecule has 1 aromatic rings. The van der Waals surface area contributed by atoms with E-state index in [0.717, 1.165) is 15.7 Å². The quantitative estimate of drug-likeness (QED) is 0.836. The summed E-state index contributed by atoms with van der Waals surface area (Å²) in [6.07, 6.45) is 0. The van der Waals surface area contributed by atoms with Crippen molar-refractivity contribution in [2.24, 2.45) is 0 Å². The van der Waals surface area contributed by atoms with Crippen LogP contribution in [0.5, 0.6) is 0 Å². The van der Waals surface area contributed by atoms with Gasteiger partial charge in [-0.3, -0.25) is 0 Å². The maximum Gasteiger partial charge on any atom is 0.101 e. The maximum absolute atomic E-state index is 8.87. The fourth-order valence-electron chi connectivity index (χ4n) is 1.01. The van der Waals surface area contributed by atoms with Gasteiger partial charge in [-0.05, 0) is 25.1 Å². The number of benzene rings is 1. The first-order valence-corrected chi connectivity index (χ1v) is 5.00. The van der Waals surface area contributed by atoms with E-state index >= 15 is 0 Å². The minimum Gasteiger partial charge on any atom is -0.380 e. The van der Waals surface area contributed by atoms with Gasteiger partial charge in [0, 0.05) is 11.0 Å². The SMILES string of the molecule is C=C(C)CNc1ccc(Br)cc1C#N. The Morgan fingerprint density at radius 2 is 2.36 bits per heavy atom. The molecular formula is C11H11BrN2. The van der Waals surface area contributed by atoms with Crippen LogP contribution in [-0.4, -0.2) is 6.54 Å². The molecule has 0 amide bonds. The molecule has 0 aliphatic heterocycles. The molecule has 0 bridgehead atoms. The summed E-state index contributed by atoms with van der Waals surface area (Å²) in [4.78, 5) is 0. The van der Waals surface area contributed by atoms with E-state index in [9.17, 15) is 0 Å². The molecule has 0 aliphatic carbocycles. The van der Waals surface area contributed by atoms with Gasteiger partial charge in [0.2, 0.25) is 0 Å². The van der Waals surface area contributed by atoms with E-state index in [2.05, 4.69) is 33.9 Å². The Morgan fingerprint density at radius 1 is 1.64 bits per heavy atom. The third kappa shape index (κ3) is 2.90. The molecule has 0 saturated heterocycles. The van der Waals surface area contributed by atoms with Crippen molar-refractivity contribution in [2.45, 2.75) is 6.92 Å². The second-order valence-corrected chi connectivity index (χ2v) is 4.03. The molecule has 0 spiro atoms. The molecule has 0 aromatic heterocycles. The van der Waals surface area contributed by atoms with Gasteiger partial charge in [0.05, 0.1) is 11.3 Å². The predicted octanol–water partition coefficient (Wildman–Crippen LogP) is 3.31. The molecule has 0 atom stereocenters. The topological polar surface area (TPSA) is 35.8 Å². The zero-order valence-electron chi connectivity index (χ0n) is 7.97. The van der Waals surface area contributed by atoms with Gasteiger partial charge in [0.15, 0.2) is 0 Å². The number of hydrogen-bond donors (Lipinski definition) is 1. The Hall–Kier alpha value is -1.27. The van der Waals surface area contributed by atoms with E-state index in [0.29, 0.717) is 12.1 Å². The number of anilines is 1. The predicted molar refractivity (Wildman–Crippen MR) is 62.2 cm³/mol. The molecule has 2 nitrogen and oxygen atoms in total. The number of hydrogen-bond acceptors (Lipinski definition) is 2. The van der Waals surface area contributed by atoms with Crippen molar-refractivity contribution >= 4 is 21.6 Å². The monoisotopic (exact) mass is 250 g/mol. The smallest absolute Gasteiger partial charge is 0.101 e. The molecule has 1 rings (SSSR count). The largest absolute Gasteiger partial charge is 0.380 e. The Kier molecular flexibility index (Phi) is 3.73. The summed E-state index contributed by atoms with van der Waals surface area (Å²) >= 11 is 3.32. The number of halogens is 1. The van der Waals surface area contributed by atoms with Crippen LogP contribution in [0.2, 0.25) is 0 Å². The molecule has 0 aliphatic rings. The summed E-state index contributed by atoms with van der Waals surface area (Å²) in [7, 11) is 0. The van der Waals surface area contributed by atoms with E-state index in [1.54, 1.807) is 6.07 Å². The highest BCUT2D eigenvalue weighted by molar-refractivity contribution is 9.10. The van der Waals surface area contributed by atoms with Crippen LogP contribution in [0.15, 0.2) is 34.8 Å². The van der Waals surface area contributed by atoms with Crippen LogP contribution in [0.3, 0.4) is 0 Å².